The largest absolute Gasteiger partial charge is 0.294 e. The molecule has 0 fully saturated rings. The third kappa shape index (κ3) is 2.90. The van der Waals surface area contributed by atoms with E-state index in [4.69, 9.17) is 0 Å². The molecule has 0 aliphatic carbocycles. The Kier molecular flexibility index (Phi) is 4.67. The molecular weight excluding hydrogens is 326 g/mol. The van der Waals surface area contributed by atoms with E-state index in [1.165, 1.54) is 11.5 Å². The van der Waals surface area contributed by atoms with Gasteiger partial charge in [-0.2, -0.15) is 0 Å². The summed E-state index contributed by atoms with van der Waals surface area (Å²) in [5.41, 5.74) is 2.63. The summed E-state index contributed by atoms with van der Waals surface area (Å²) in [4.78, 5) is 38.4. The molecule has 0 aliphatic heterocycles. The average molecular weight is 345 g/mol. The third-order valence-corrected chi connectivity index (χ3v) is 4.48. The minimum absolute atomic E-state index is 0.165. The van der Waals surface area contributed by atoms with Crippen LogP contribution in [-0.4, -0.2) is 22.0 Å². The Labute approximate surface area is 152 Å². The number of carbonyl (C=O) groups excluding carboxylic acids is 3. The molecule has 3 aromatic rings. The molecule has 4 heteroatoms. The van der Waals surface area contributed by atoms with Gasteiger partial charge in [-0.05, 0) is 38.5 Å². The van der Waals surface area contributed by atoms with Gasteiger partial charge in [0.25, 0.3) is 5.91 Å². The molecule has 2 aromatic carbocycles. The first kappa shape index (κ1) is 17.5. The zero-order chi connectivity index (χ0) is 18.8. The zero-order valence-electron chi connectivity index (χ0n) is 14.9. The fraction of sp³-hybridized carbons (Fsp3) is 0.136. The van der Waals surface area contributed by atoms with Gasteiger partial charge in [0.1, 0.15) is 5.69 Å². The van der Waals surface area contributed by atoms with Gasteiger partial charge in [0.05, 0.1) is 0 Å². The normalized spacial score (nSPS) is 10.6. The second kappa shape index (κ2) is 6.92. The van der Waals surface area contributed by atoms with Gasteiger partial charge in [0.15, 0.2) is 5.78 Å². The topological polar surface area (TPSA) is 56.1 Å². The summed E-state index contributed by atoms with van der Waals surface area (Å²) in [5, 5.41) is 0. The average Bonchev–Trinajstić information content (AvgIpc) is 2.92. The molecule has 0 saturated carbocycles. The van der Waals surface area contributed by atoms with E-state index in [-0.39, 0.29) is 23.2 Å². The van der Waals surface area contributed by atoms with E-state index < -0.39 is 0 Å². The molecule has 3 rings (SSSR count). The van der Waals surface area contributed by atoms with Gasteiger partial charge >= 0.3 is 0 Å². The van der Waals surface area contributed by atoms with Gasteiger partial charge in [0, 0.05) is 22.4 Å². The fourth-order valence-corrected chi connectivity index (χ4v) is 3.32. The predicted octanol–water partition coefficient (Wildman–Crippen LogP) is 4.23. The van der Waals surface area contributed by atoms with Crippen LogP contribution in [0.25, 0.3) is 0 Å². The number of rotatable bonds is 4. The molecule has 0 N–H and O–H groups in total. The highest BCUT2D eigenvalue weighted by atomic mass is 16.2. The van der Waals surface area contributed by atoms with Crippen LogP contribution in [-0.2, 0) is 0 Å². The highest BCUT2D eigenvalue weighted by molar-refractivity contribution is 6.15. The smallest absolute Gasteiger partial charge is 0.262 e. The maximum atomic E-state index is 13.1. The summed E-state index contributed by atoms with van der Waals surface area (Å²) in [6, 6.07) is 17.5. The number of aromatic nitrogens is 1. The molecule has 26 heavy (non-hydrogen) atoms. The molecule has 4 nitrogen and oxygen atoms in total. The second-order valence-electron chi connectivity index (χ2n) is 6.19. The molecule has 1 heterocycles. The second-order valence-corrected chi connectivity index (χ2v) is 6.19. The highest BCUT2D eigenvalue weighted by Gasteiger charge is 2.28. The van der Waals surface area contributed by atoms with E-state index in [9.17, 15) is 14.4 Å². The van der Waals surface area contributed by atoms with Gasteiger partial charge < -0.3 is 0 Å². The Bertz CT molecular complexity index is 924. The van der Waals surface area contributed by atoms with Crippen LogP contribution in [0, 0.1) is 13.8 Å². The van der Waals surface area contributed by atoms with Crippen molar-refractivity contribution in [3.05, 3.63) is 94.3 Å². The summed E-state index contributed by atoms with van der Waals surface area (Å²) in [5.74, 6) is -0.761. The van der Waals surface area contributed by atoms with Gasteiger partial charge in [0.2, 0.25) is 5.78 Å². The summed E-state index contributed by atoms with van der Waals surface area (Å²) >= 11 is 0. The summed E-state index contributed by atoms with van der Waals surface area (Å²) in [6.07, 6.45) is 0. The van der Waals surface area contributed by atoms with E-state index in [0.717, 1.165) is 0 Å². The minimum Gasteiger partial charge on any atom is -0.294 e. The van der Waals surface area contributed by atoms with Gasteiger partial charge in [-0.15, -0.1) is 0 Å². The van der Waals surface area contributed by atoms with Crippen molar-refractivity contribution in [3.63, 3.8) is 0 Å². The maximum Gasteiger partial charge on any atom is 0.262 e. The van der Waals surface area contributed by atoms with Crippen LogP contribution < -0.4 is 0 Å². The highest BCUT2D eigenvalue weighted by Crippen LogP contribution is 2.26. The van der Waals surface area contributed by atoms with Crippen molar-refractivity contribution in [1.82, 2.24) is 4.57 Å². The summed E-state index contributed by atoms with van der Waals surface area (Å²) in [6.45, 7) is 4.87. The third-order valence-electron chi connectivity index (χ3n) is 4.48. The van der Waals surface area contributed by atoms with E-state index in [1.807, 2.05) is 12.1 Å². The summed E-state index contributed by atoms with van der Waals surface area (Å²) < 4.78 is 1.37. The van der Waals surface area contributed by atoms with Crippen LogP contribution >= 0.6 is 0 Å². The zero-order valence-corrected chi connectivity index (χ0v) is 14.9. The SMILES string of the molecule is CC(=O)c1c(C)c(C(=O)c2ccccc2)n(C(=O)c2ccccc2)c1C. The van der Waals surface area contributed by atoms with Crippen LogP contribution in [0.15, 0.2) is 60.7 Å². The standard InChI is InChI=1S/C22H19NO3/c1-14-19(16(3)24)15(2)23(22(26)18-12-8-5-9-13-18)20(14)21(25)17-10-6-4-7-11-17/h4-13H,1-3H3. The van der Waals surface area contributed by atoms with Crippen LogP contribution in [0.5, 0.6) is 0 Å². The minimum atomic E-state index is -0.321. The number of Topliss-reactive ketones (excluding diaryl/α,β-unsaturated/α-hetero) is 1. The Morgan fingerprint density at radius 3 is 1.77 bits per heavy atom. The number of nitrogens with zero attached hydrogens (tertiary/aromatic N) is 1. The summed E-state index contributed by atoms with van der Waals surface area (Å²) in [7, 11) is 0. The molecule has 0 spiro atoms. The Balaban J connectivity index is 2.26. The number of hydrogen-bond donors (Lipinski definition) is 0. The van der Waals surface area contributed by atoms with Crippen LogP contribution in [0.3, 0.4) is 0 Å². The molecular formula is C22H19NO3. The molecule has 0 saturated heterocycles. The van der Waals surface area contributed by atoms with Crippen molar-refractivity contribution >= 4 is 17.5 Å². The van der Waals surface area contributed by atoms with E-state index in [1.54, 1.807) is 62.4 Å². The molecule has 1 aromatic heterocycles. The van der Waals surface area contributed by atoms with E-state index in [0.29, 0.717) is 27.9 Å². The Hall–Kier alpha value is -3.27. The molecule has 0 atom stereocenters. The maximum absolute atomic E-state index is 13.1. The fourth-order valence-electron chi connectivity index (χ4n) is 3.32. The predicted molar refractivity (Wildman–Crippen MR) is 100.0 cm³/mol. The lowest BCUT2D eigenvalue weighted by atomic mass is 10.0. The molecule has 0 unspecified atom stereocenters. The molecule has 0 aliphatic rings. The van der Waals surface area contributed by atoms with Crippen LogP contribution in [0.2, 0.25) is 0 Å². The van der Waals surface area contributed by atoms with Crippen molar-refractivity contribution in [3.8, 4) is 0 Å². The van der Waals surface area contributed by atoms with Gasteiger partial charge in [-0.25, -0.2) is 0 Å². The van der Waals surface area contributed by atoms with Crippen LogP contribution in [0.1, 0.15) is 54.9 Å². The molecule has 0 radical (unpaired) electrons. The quantitative estimate of drug-likeness (QED) is 0.665. The van der Waals surface area contributed by atoms with Gasteiger partial charge in [-0.3, -0.25) is 19.0 Å². The van der Waals surface area contributed by atoms with Crippen molar-refractivity contribution in [2.75, 3.05) is 0 Å². The molecule has 0 bridgehead atoms. The molecule has 130 valence electrons. The number of ketones is 2. The van der Waals surface area contributed by atoms with E-state index in [2.05, 4.69) is 0 Å². The van der Waals surface area contributed by atoms with Crippen molar-refractivity contribution < 1.29 is 14.4 Å². The van der Waals surface area contributed by atoms with Crippen molar-refractivity contribution in [1.29, 1.82) is 0 Å². The lowest BCUT2D eigenvalue weighted by Gasteiger charge is -2.10. The number of benzene rings is 2. The Morgan fingerprint density at radius 1 is 0.769 bits per heavy atom. The number of carbonyl (C=O) groups is 3. The monoisotopic (exact) mass is 345 g/mol. The number of hydrogen-bond acceptors (Lipinski definition) is 3. The Morgan fingerprint density at radius 2 is 1.27 bits per heavy atom. The lowest BCUT2D eigenvalue weighted by Crippen LogP contribution is -2.20. The lowest BCUT2D eigenvalue weighted by molar-refractivity contribution is 0.0931. The first-order chi connectivity index (χ1) is 12.4. The molecule has 0 amide bonds. The van der Waals surface area contributed by atoms with Crippen LogP contribution in [0.4, 0.5) is 0 Å². The first-order valence-electron chi connectivity index (χ1n) is 8.35. The first-order valence-corrected chi connectivity index (χ1v) is 8.35. The van der Waals surface area contributed by atoms with Crippen molar-refractivity contribution in [2.24, 2.45) is 0 Å². The van der Waals surface area contributed by atoms with Crippen molar-refractivity contribution in [2.45, 2.75) is 20.8 Å². The van der Waals surface area contributed by atoms with E-state index >= 15 is 0 Å². The van der Waals surface area contributed by atoms with Gasteiger partial charge in [-0.1, -0.05) is 48.5 Å².